The normalized spacial score (nSPS) is 15.3. The number of halogens is 3. The van der Waals surface area contributed by atoms with Crippen molar-refractivity contribution in [3.8, 4) is 23.0 Å². The van der Waals surface area contributed by atoms with E-state index in [1.54, 1.807) is 6.07 Å². The Morgan fingerprint density at radius 2 is 2.03 bits per heavy atom. The molecule has 10 heteroatoms. The van der Waals surface area contributed by atoms with Crippen molar-refractivity contribution in [2.45, 2.75) is 78.4 Å². The number of alkyl halides is 3. The zero-order chi connectivity index (χ0) is 25.4. The number of aliphatic carboxylic acids is 1. The molecule has 0 saturated heterocycles. The number of hydrogen-bond donors (Lipinski definition) is 1. The van der Waals surface area contributed by atoms with Crippen LogP contribution in [0.4, 0.5) is 13.2 Å². The van der Waals surface area contributed by atoms with E-state index in [1.807, 2.05) is 11.6 Å². The third-order valence-corrected chi connectivity index (χ3v) is 6.55. The first kappa shape index (κ1) is 24.9. The Bertz CT molecular complexity index is 1230. The highest BCUT2D eigenvalue weighted by Crippen LogP contribution is 2.39. The minimum absolute atomic E-state index is 0.0684. The van der Waals surface area contributed by atoms with Crippen LogP contribution in [-0.4, -0.2) is 31.0 Å². The minimum Gasteiger partial charge on any atom is -0.481 e. The van der Waals surface area contributed by atoms with Crippen LogP contribution in [0, 0.1) is 5.41 Å². The lowest BCUT2D eigenvalue weighted by Crippen LogP contribution is -2.24. The SMILES string of the molecule is CCn1nc(-c2nc(-c3ccc(CCCCC(=O)O)c(C(F)(F)F)c3)no2)c2c1CC(C)(C)CC2. The van der Waals surface area contributed by atoms with E-state index >= 15 is 0 Å². The van der Waals surface area contributed by atoms with Gasteiger partial charge in [-0.15, -0.1) is 0 Å². The maximum absolute atomic E-state index is 13.8. The predicted octanol–water partition coefficient (Wildman–Crippen LogP) is 5.95. The van der Waals surface area contributed by atoms with E-state index in [-0.39, 0.29) is 41.1 Å². The van der Waals surface area contributed by atoms with Gasteiger partial charge in [0, 0.05) is 29.8 Å². The molecule has 2 heterocycles. The Morgan fingerprint density at radius 3 is 2.71 bits per heavy atom. The molecule has 0 bridgehead atoms. The molecule has 1 aliphatic rings. The van der Waals surface area contributed by atoms with E-state index in [4.69, 9.17) is 9.63 Å². The topological polar surface area (TPSA) is 94.0 Å². The van der Waals surface area contributed by atoms with Crippen molar-refractivity contribution in [2.24, 2.45) is 5.41 Å². The van der Waals surface area contributed by atoms with Gasteiger partial charge in [0.15, 0.2) is 5.69 Å². The summed E-state index contributed by atoms with van der Waals surface area (Å²) in [7, 11) is 0. The van der Waals surface area contributed by atoms with Gasteiger partial charge in [-0.25, -0.2) is 0 Å². The minimum atomic E-state index is -4.56. The number of aromatic nitrogens is 4. The molecule has 4 rings (SSSR count). The van der Waals surface area contributed by atoms with Crippen molar-refractivity contribution in [1.29, 1.82) is 0 Å². The van der Waals surface area contributed by atoms with E-state index in [2.05, 4.69) is 29.1 Å². The van der Waals surface area contributed by atoms with Crippen LogP contribution in [0.25, 0.3) is 23.0 Å². The molecular formula is C25H29F3N4O3. The van der Waals surface area contributed by atoms with Gasteiger partial charge in [0.1, 0.15) is 0 Å². The van der Waals surface area contributed by atoms with Gasteiger partial charge in [0.25, 0.3) is 5.89 Å². The highest BCUT2D eigenvalue weighted by atomic mass is 19.4. The zero-order valence-corrected chi connectivity index (χ0v) is 20.1. The third-order valence-electron chi connectivity index (χ3n) is 6.55. The Balaban J connectivity index is 1.63. The second-order valence-corrected chi connectivity index (χ2v) is 9.82. The molecule has 0 fully saturated rings. The average Bonchev–Trinajstić information content (AvgIpc) is 3.39. The van der Waals surface area contributed by atoms with Crippen molar-refractivity contribution in [1.82, 2.24) is 19.9 Å². The largest absolute Gasteiger partial charge is 0.481 e. The van der Waals surface area contributed by atoms with Gasteiger partial charge in [0.05, 0.1) is 5.56 Å². The number of hydrogen-bond acceptors (Lipinski definition) is 5. The summed E-state index contributed by atoms with van der Waals surface area (Å²) in [6.45, 7) is 7.16. The number of nitrogens with zero attached hydrogens (tertiary/aromatic N) is 4. The van der Waals surface area contributed by atoms with Crippen molar-refractivity contribution in [3.05, 3.63) is 40.6 Å². The van der Waals surface area contributed by atoms with Gasteiger partial charge in [-0.3, -0.25) is 9.48 Å². The lowest BCUT2D eigenvalue weighted by molar-refractivity contribution is -0.139. The molecule has 7 nitrogen and oxygen atoms in total. The van der Waals surface area contributed by atoms with Crippen molar-refractivity contribution in [2.75, 3.05) is 0 Å². The van der Waals surface area contributed by atoms with Gasteiger partial charge < -0.3 is 9.63 Å². The van der Waals surface area contributed by atoms with Gasteiger partial charge in [-0.1, -0.05) is 31.1 Å². The fraction of sp³-hybridized carbons (Fsp3) is 0.520. The molecular weight excluding hydrogens is 461 g/mol. The molecule has 1 N–H and O–H groups in total. The Hall–Kier alpha value is -3.17. The monoisotopic (exact) mass is 490 g/mol. The summed E-state index contributed by atoms with van der Waals surface area (Å²) in [5, 5.41) is 17.4. The van der Waals surface area contributed by atoms with Crippen LogP contribution in [0.15, 0.2) is 22.7 Å². The zero-order valence-electron chi connectivity index (χ0n) is 20.1. The maximum atomic E-state index is 13.8. The molecule has 1 aromatic carbocycles. The number of carboxylic acid groups (broad SMARTS) is 1. The Labute approximate surface area is 201 Å². The van der Waals surface area contributed by atoms with Gasteiger partial charge in [-0.2, -0.15) is 23.3 Å². The lowest BCUT2D eigenvalue weighted by Gasteiger charge is -2.30. The first-order valence-electron chi connectivity index (χ1n) is 11.8. The molecule has 188 valence electrons. The van der Waals surface area contributed by atoms with Gasteiger partial charge in [-0.05, 0) is 62.5 Å². The van der Waals surface area contributed by atoms with Crippen LogP contribution >= 0.6 is 0 Å². The number of aryl methyl sites for hydroxylation is 2. The summed E-state index contributed by atoms with van der Waals surface area (Å²) in [6.07, 6.45) is -1.13. The van der Waals surface area contributed by atoms with E-state index < -0.39 is 17.7 Å². The predicted molar refractivity (Wildman–Crippen MR) is 123 cm³/mol. The third kappa shape index (κ3) is 5.41. The molecule has 35 heavy (non-hydrogen) atoms. The average molecular weight is 491 g/mol. The van der Waals surface area contributed by atoms with Crippen LogP contribution in [0.2, 0.25) is 0 Å². The molecule has 3 aromatic rings. The summed E-state index contributed by atoms with van der Waals surface area (Å²) < 4.78 is 48.7. The molecule has 0 spiro atoms. The Kier molecular flexibility index (Phi) is 6.75. The number of rotatable bonds is 8. The van der Waals surface area contributed by atoms with Crippen LogP contribution in [0.3, 0.4) is 0 Å². The standard InChI is InChI=1S/C25H29F3N4O3/c1-4-32-19-14-24(2,3)12-11-17(19)21(30-32)23-29-22(31-35-23)16-10-9-15(7-5-6-8-20(33)34)18(13-16)25(26,27)28/h9-10,13H,4-8,11-12,14H2,1-3H3,(H,33,34). The lowest BCUT2D eigenvalue weighted by atomic mass is 9.76. The van der Waals surface area contributed by atoms with E-state index in [9.17, 15) is 18.0 Å². The molecule has 0 radical (unpaired) electrons. The van der Waals surface area contributed by atoms with Crippen molar-refractivity contribution in [3.63, 3.8) is 0 Å². The number of unbranched alkanes of at least 4 members (excludes halogenated alkanes) is 1. The van der Waals surface area contributed by atoms with Crippen LogP contribution in [-0.2, 0) is 36.8 Å². The second-order valence-electron chi connectivity index (χ2n) is 9.82. The molecule has 0 saturated carbocycles. The number of benzene rings is 1. The Morgan fingerprint density at radius 1 is 1.26 bits per heavy atom. The first-order valence-corrected chi connectivity index (χ1v) is 11.8. The molecule has 0 amide bonds. The van der Waals surface area contributed by atoms with Gasteiger partial charge >= 0.3 is 12.1 Å². The molecule has 0 atom stereocenters. The van der Waals surface area contributed by atoms with Crippen LogP contribution < -0.4 is 0 Å². The summed E-state index contributed by atoms with van der Waals surface area (Å²) in [4.78, 5) is 15.1. The summed E-state index contributed by atoms with van der Waals surface area (Å²) in [5.41, 5.74) is 2.52. The molecule has 0 aliphatic heterocycles. The highest BCUT2D eigenvalue weighted by molar-refractivity contribution is 5.66. The summed E-state index contributed by atoms with van der Waals surface area (Å²) in [6, 6.07) is 3.98. The fourth-order valence-corrected chi connectivity index (χ4v) is 4.66. The quantitative estimate of drug-likeness (QED) is 0.392. The second kappa shape index (κ2) is 9.47. The number of carbonyl (C=O) groups is 1. The van der Waals surface area contributed by atoms with Crippen molar-refractivity contribution >= 4 is 5.97 Å². The number of carboxylic acids is 1. The van der Waals surface area contributed by atoms with Gasteiger partial charge in [0.2, 0.25) is 5.82 Å². The highest BCUT2D eigenvalue weighted by Gasteiger charge is 2.35. The van der Waals surface area contributed by atoms with Crippen LogP contribution in [0.1, 0.15) is 68.8 Å². The smallest absolute Gasteiger partial charge is 0.416 e. The maximum Gasteiger partial charge on any atom is 0.416 e. The summed E-state index contributed by atoms with van der Waals surface area (Å²) >= 11 is 0. The van der Waals surface area contributed by atoms with E-state index in [0.717, 1.165) is 36.6 Å². The number of fused-ring (bicyclic) bond motifs is 1. The molecule has 1 aliphatic carbocycles. The van der Waals surface area contributed by atoms with Crippen LogP contribution in [0.5, 0.6) is 0 Å². The van der Waals surface area contributed by atoms with E-state index in [1.165, 1.54) is 6.07 Å². The van der Waals surface area contributed by atoms with E-state index in [0.29, 0.717) is 25.1 Å². The summed E-state index contributed by atoms with van der Waals surface area (Å²) in [5.74, 6) is -0.689. The first-order chi connectivity index (χ1) is 16.5. The molecule has 0 unspecified atom stereocenters. The molecule has 2 aromatic heterocycles. The van der Waals surface area contributed by atoms with Crippen molar-refractivity contribution < 1.29 is 27.6 Å². The fourth-order valence-electron chi connectivity index (χ4n) is 4.66.